The highest BCUT2D eigenvalue weighted by molar-refractivity contribution is 6.06. The van der Waals surface area contributed by atoms with Gasteiger partial charge in [0.25, 0.3) is 11.8 Å². The maximum Gasteiger partial charge on any atom is 0.408 e. The molecule has 0 aliphatic carbocycles. The molecule has 2 atom stereocenters. The smallest absolute Gasteiger partial charge is 0.408 e. The first-order valence-electron chi connectivity index (χ1n) is 10.8. The third-order valence-corrected chi connectivity index (χ3v) is 4.23. The summed E-state index contributed by atoms with van der Waals surface area (Å²) in [7, 11) is 0. The Morgan fingerprint density at radius 1 is 0.971 bits per heavy atom. The molecule has 11 nitrogen and oxygen atoms in total. The standard InChI is InChI=1S/C23H31N3O8/c1-22(2,3)32-20(30)24-15-13-17(27)26(18(15)28)34-19(29)16(12-14-10-8-7-9-11-14)25-21(31)33-23(4,5)6/h7-11,15-16H,12-13H2,1-6H3,(H,24,30)(H,25,31)/t15-,16-/m0/s1. The van der Waals surface area contributed by atoms with Crippen LogP contribution in [0.2, 0.25) is 0 Å². The van der Waals surface area contributed by atoms with Crippen molar-refractivity contribution >= 4 is 30.0 Å². The van der Waals surface area contributed by atoms with E-state index in [4.69, 9.17) is 14.3 Å². The highest BCUT2D eigenvalue weighted by Gasteiger charge is 2.44. The van der Waals surface area contributed by atoms with Crippen molar-refractivity contribution in [1.29, 1.82) is 0 Å². The summed E-state index contributed by atoms with van der Waals surface area (Å²) in [6.07, 6.45) is -2.14. The molecule has 0 radical (unpaired) electrons. The van der Waals surface area contributed by atoms with Gasteiger partial charge in [0.15, 0.2) is 0 Å². The molecule has 0 bridgehead atoms. The van der Waals surface area contributed by atoms with Gasteiger partial charge in [-0.3, -0.25) is 9.59 Å². The van der Waals surface area contributed by atoms with Crippen LogP contribution in [0.3, 0.4) is 0 Å². The van der Waals surface area contributed by atoms with E-state index in [1.165, 1.54) is 0 Å². The summed E-state index contributed by atoms with van der Waals surface area (Å²) in [5.74, 6) is -2.80. The predicted octanol–water partition coefficient (Wildman–Crippen LogP) is 2.23. The van der Waals surface area contributed by atoms with Gasteiger partial charge in [-0.15, -0.1) is 5.06 Å². The summed E-state index contributed by atoms with van der Waals surface area (Å²) < 4.78 is 10.3. The van der Waals surface area contributed by atoms with Crippen molar-refractivity contribution in [1.82, 2.24) is 15.7 Å². The first-order chi connectivity index (χ1) is 15.6. The van der Waals surface area contributed by atoms with Crippen LogP contribution in [0.25, 0.3) is 0 Å². The van der Waals surface area contributed by atoms with Gasteiger partial charge < -0.3 is 24.9 Å². The zero-order chi connectivity index (χ0) is 25.7. The molecular weight excluding hydrogens is 446 g/mol. The highest BCUT2D eigenvalue weighted by Crippen LogP contribution is 2.17. The van der Waals surface area contributed by atoms with Crippen LogP contribution in [0.1, 0.15) is 53.5 Å². The third-order valence-electron chi connectivity index (χ3n) is 4.23. The van der Waals surface area contributed by atoms with Crippen LogP contribution >= 0.6 is 0 Å². The van der Waals surface area contributed by atoms with Crippen LogP contribution in [0.4, 0.5) is 9.59 Å². The Balaban J connectivity index is 2.10. The minimum absolute atomic E-state index is 0.0225. The van der Waals surface area contributed by atoms with E-state index in [2.05, 4.69) is 10.6 Å². The Bertz CT molecular complexity index is 934. The number of nitrogens with zero attached hydrogens (tertiary/aromatic N) is 1. The summed E-state index contributed by atoms with van der Waals surface area (Å²) in [5, 5.41) is 5.00. The molecule has 1 heterocycles. The van der Waals surface area contributed by atoms with Gasteiger partial charge in [-0.25, -0.2) is 14.4 Å². The van der Waals surface area contributed by atoms with Crippen LogP contribution in [0, 0.1) is 0 Å². The molecule has 1 aliphatic heterocycles. The molecule has 0 unspecified atom stereocenters. The molecule has 186 valence electrons. The highest BCUT2D eigenvalue weighted by atomic mass is 16.7. The van der Waals surface area contributed by atoms with Crippen molar-refractivity contribution in [3.8, 4) is 0 Å². The van der Waals surface area contributed by atoms with Crippen molar-refractivity contribution in [3.63, 3.8) is 0 Å². The molecule has 1 aromatic rings. The van der Waals surface area contributed by atoms with Gasteiger partial charge >= 0.3 is 18.2 Å². The van der Waals surface area contributed by atoms with E-state index in [9.17, 15) is 24.0 Å². The van der Waals surface area contributed by atoms with Crippen LogP contribution in [0.15, 0.2) is 30.3 Å². The lowest BCUT2D eigenvalue weighted by molar-refractivity contribution is -0.199. The van der Waals surface area contributed by atoms with Crippen LogP contribution < -0.4 is 10.6 Å². The van der Waals surface area contributed by atoms with Gasteiger partial charge in [0.1, 0.15) is 23.3 Å². The maximum absolute atomic E-state index is 12.9. The van der Waals surface area contributed by atoms with E-state index in [0.717, 1.165) is 0 Å². The number of benzene rings is 1. The van der Waals surface area contributed by atoms with Gasteiger partial charge in [0.05, 0.1) is 6.42 Å². The number of ether oxygens (including phenoxy) is 2. The van der Waals surface area contributed by atoms with Gasteiger partial charge in [-0.1, -0.05) is 30.3 Å². The second-order valence-corrected chi connectivity index (χ2v) is 9.73. The van der Waals surface area contributed by atoms with Crippen molar-refractivity contribution in [2.75, 3.05) is 0 Å². The molecule has 34 heavy (non-hydrogen) atoms. The van der Waals surface area contributed by atoms with Gasteiger partial charge in [-0.2, -0.15) is 0 Å². The average Bonchev–Trinajstić information content (AvgIpc) is 2.92. The number of rotatable bonds is 6. The number of alkyl carbamates (subject to hydrolysis) is 2. The number of nitrogens with one attached hydrogen (secondary N) is 2. The number of amides is 4. The fraction of sp³-hybridized carbons (Fsp3) is 0.522. The minimum Gasteiger partial charge on any atom is -0.444 e. The average molecular weight is 478 g/mol. The monoisotopic (exact) mass is 477 g/mol. The summed E-state index contributed by atoms with van der Waals surface area (Å²) >= 11 is 0. The molecular formula is C23H31N3O8. The van der Waals surface area contributed by atoms with Crippen molar-refractivity contribution in [2.45, 2.75) is 77.7 Å². The molecule has 2 rings (SSSR count). The zero-order valence-electron chi connectivity index (χ0n) is 20.2. The van der Waals surface area contributed by atoms with Crippen LogP contribution in [-0.4, -0.2) is 58.3 Å². The lowest BCUT2D eigenvalue weighted by Crippen LogP contribution is -2.49. The van der Waals surface area contributed by atoms with Crippen LogP contribution in [-0.2, 0) is 35.1 Å². The molecule has 1 saturated heterocycles. The second kappa shape index (κ2) is 10.5. The van der Waals surface area contributed by atoms with E-state index in [1.807, 2.05) is 0 Å². The summed E-state index contributed by atoms with van der Waals surface area (Å²) in [4.78, 5) is 67.0. The summed E-state index contributed by atoms with van der Waals surface area (Å²) in [6, 6.07) is 6.28. The Morgan fingerprint density at radius 3 is 2.09 bits per heavy atom. The molecule has 1 fully saturated rings. The van der Waals surface area contributed by atoms with E-state index in [0.29, 0.717) is 10.6 Å². The van der Waals surface area contributed by atoms with Crippen molar-refractivity contribution in [2.24, 2.45) is 0 Å². The number of carbonyl (C=O) groups is 5. The Labute approximate surface area is 198 Å². The number of hydroxylamine groups is 2. The normalized spacial score (nSPS) is 17.1. The molecule has 4 amide bonds. The molecule has 1 aliphatic rings. The summed E-state index contributed by atoms with van der Waals surface area (Å²) in [6.45, 7) is 9.93. The Morgan fingerprint density at radius 2 is 1.53 bits per heavy atom. The fourth-order valence-electron chi connectivity index (χ4n) is 2.91. The molecule has 0 aromatic heterocycles. The molecule has 1 aromatic carbocycles. The first-order valence-corrected chi connectivity index (χ1v) is 10.8. The van der Waals surface area contributed by atoms with E-state index in [-0.39, 0.29) is 6.42 Å². The second-order valence-electron chi connectivity index (χ2n) is 9.73. The van der Waals surface area contributed by atoms with Crippen molar-refractivity contribution < 1.29 is 38.3 Å². The van der Waals surface area contributed by atoms with Gasteiger partial charge in [-0.05, 0) is 47.1 Å². The lowest BCUT2D eigenvalue weighted by atomic mass is 10.1. The number of imide groups is 1. The molecule has 0 spiro atoms. The predicted molar refractivity (Wildman–Crippen MR) is 119 cm³/mol. The van der Waals surface area contributed by atoms with Crippen molar-refractivity contribution in [3.05, 3.63) is 35.9 Å². The fourth-order valence-corrected chi connectivity index (χ4v) is 2.91. The SMILES string of the molecule is CC(C)(C)OC(=O)N[C@@H](Cc1ccccc1)C(=O)ON1C(=O)C[C@H](NC(=O)OC(C)(C)C)C1=O. The van der Waals surface area contributed by atoms with E-state index >= 15 is 0 Å². The number of hydrogen-bond acceptors (Lipinski definition) is 8. The minimum atomic E-state index is -1.25. The van der Waals surface area contributed by atoms with Crippen LogP contribution in [0.5, 0.6) is 0 Å². The number of hydrogen-bond donors (Lipinski definition) is 2. The first kappa shape index (κ1) is 26.6. The quantitative estimate of drug-likeness (QED) is 0.595. The van der Waals surface area contributed by atoms with E-state index in [1.54, 1.807) is 71.9 Å². The van der Waals surface area contributed by atoms with Gasteiger partial charge in [0.2, 0.25) is 0 Å². The zero-order valence-corrected chi connectivity index (χ0v) is 20.2. The maximum atomic E-state index is 12.9. The number of carbonyl (C=O) groups excluding carboxylic acids is 5. The third kappa shape index (κ3) is 8.38. The van der Waals surface area contributed by atoms with E-state index < -0.39 is 59.7 Å². The molecule has 11 heteroatoms. The largest absolute Gasteiger partial charge is 0.444 e. The van der Waals surface area contributed by atoms with Gasteiger partial charge in [0, 0.05) is 6.42 Å². The molecule has 0 saturated carbocycles. The lowest BCUT2D eigenvalue weighted by Gasteiger charge is -2.24. The summed E-state index contributed by atoms with van der Waals surface area (Å²) in [5.41, 5.74) is -0.920. The molecule has 2 N–H and O–H groups in total. The Hall–Kier alpha value is -3.63. The Kier molecular flexibility index (Phi) is 8.25. The topological polar surface area (TPSA) is 140 Å².